The molecule has 0 aromatic heterocycles. The minimum absolute atomic E-state index is 0.0364. The Labute approximate surface area is 109 Å². The number of amides is 1. The highest BCUT2D eigenvalue weighted by Crippen LogP contribution is 2.34. The molecular formula is C15H21NO2. The smallest absolute Gasteiger partial charge is 0.246 e. The Bertz CT molecular complexity index is 373. The summed E-state index contributed by atoms with van der Waals surface area (Å²) >= 11 is 0. The Morgan fingerprint density at radius 1 is 1.39 bits per heavy atom. The van der Waals surface area contributed by atoms with E-state index in [4.69, 9.17) is 4.74 Å². The summed E-state index contributed by atoms with van der Waals surface area (Å²) in [6.07, 6.45) is 4.96. The van der Waals surface area contributed by atoms with Gasteiger partial charge in [-0.25, -0.2) is 0 Å². The van der Waals surface area contributed by atoms with Crippen molar-refractivity contribution in [2.24, 2.45) is 5.92 Å². The van der Waals surface area contributed by atoms with Crippen molar-refractivity contribution in [3.8, 4) is 0 Å². The lowest BCUT2D eigenvalue weighted by Crippen LogP contribution is -2.33. The average molecular weight is 247 g/mol. The monoisotopic (exact) mass is 247 g/mol. The first-order chi connectivity index (χ1) is 8.79. The summed E-state index contributed by atoms with van der Waals surface area (Å²) < 4.78 is 4.87. The predicted molar refractivity (Wildman–Crippen MR) is 71.2 cm³/mol. The van der Waals surface area contributed by atoms with Gasteiger partial charge in [0.15, 0.2) is 0 Å². The van der Waals surface area contributed by atoms with E-state index in [1.165, 1.54) is 24.8 Å². The van der Waals surface area contributed by atoms with Gasteiger partial charge in [0, 0.05) is 7.11 Å². The van der Waals surface area contributed by atoms with Crippen molar-refractivity contribution in [3.05, 3.63) is 35.9 Å². The fourth-order valence-corrected chi connectivity index (χ4v) is 2.39. The van der Waals surface area contributed by atoms with Crippen LogP contribution in [0.25, 0.3) is 0 Å². The van der Waals surface area contributed by atoms with Crippen molar-refractivity contribution < 1.29 is 9.53 Å². The third kappa shape index (κ3) is 3.57. The number of nitrogens with one attached hydrogen (secondary N) is 1. The standard InChI is InChI=1S/C15H21NO2/c1-18-11-15(17)16-14(10-12-6-5-7-12)13-8-3-2-4-9-13/h2-4,8-9,12,14H,5-7,10-11H2,1H3,(H,16,17)/t14-/m1/s1. The SMILES string of the molecule is COCC(=O)N[C@H](CC1CCC1)c1ccccc1. The second kappa shape index (κ2) is 6.55. The molecule has 0 saturated heterocycles. The molecular weight excluding hydrogens is 226 g/mol. The number of benzene rings is 1. The molecule has 0 unspecified atom stereocenters. The number of methoxy groups -OCH3 is 1. The molecule has 1 saturated carbocycles. The van der Waals surface area contributed by atoms with Gasteiger partial charge in [-0.3, -0.25) is 4.79 Å². The summed E-state index contributed by atoms with van der Waals surface area (Å²) in [5, 5.41) is 3.07. The molecule has 0 heterocycles. The van der Waals surface area contributed by atoms with Gasteiger partial charge >= 0.3 is 0 Å². The number of hydrogen-bond donors (Lipinski definition) is 1. The zero-order valence-electron chi connectivity index (χ0n) is 10.9. The molecule has 1 aliphatic rings. The van der Waals surface area contributed by atoms with Gasteiger partial charge in [0.2, 0.25) is 5.91 Å². The lowest BCUT2D eigenvalue weighted by atomic mass is 9.79. The Kier molecular flexibility index (Phi) is 4.76. The number of carbonyl (C=O) groups excluding carboxylic acids is 1. The van der Waals surface area contributed by atoms with E-state index in [1.54, 1.807) is 7.11 Å². The van der Waals surface area contributed by atoms with Gasteiger partial charge in [0.25, 0.3) is 0 Å². The summed E-state index contributed by atoms with van der Waals surface area (Å²) in [5.41, 5.74) is 1.19. The molecule has 98 valence electrons. The van der Waals surface area contributed by atoms with Gasteiger partial charge in [-0.1, -0.05) is 49.6 Å². The minimum Gasteiger partial charge on any atom is -0.375 e. The number of carbonyl (C=O) groups is 1. The predicted octanol–water partition coefficient (Wildman–Crippen LogP) is 2.68. The molecule has 2 rings (SSSR count). The quantitative estimate of drug-likeness (QED) is 0.839. The minimum atomic E-state index is -0.0364. The van der Waals surface area contributed by atoms with E-state index in [1.807, 2.05) is 18.2 Å². The normalized spacial score (nSPS) is 16.9. The molecule has 1 amide bonds. The molecule has 1 aliphatic carbocycles. The molecule has 18 heavy (non-hydrogen) atoms. The fraction of sp³-hybridized carbons (Fsp3) is 0.533. The van der Waals surface area contributed by atoms with Crippen LogP contribution in [0.15, 0.2) is 30.3 Å². The topological polar surface area (TPSA) is 38.3 Å². The van der Waals surface area contributed by atoms with Crippen molar-refractivity contribution in [3.63, 3.8) is 0 Å². The first kappa shape index (κ1) is 13.1. The van der Waals surface area contributed by atoms with Crippen LogP contribution in [0.4, 0.5) is 0 Å². The molecule has 0 radical (unpaired) electrons. The van der Waals surface area contributed by atoms with Gasteiger partial charge in [-0.05, 0) is 17.9 Å². The highest BCUT2D eigenvalue weighted by molar-refractivity contribution is 5.77. The molecule has 1 aromatic carbocycles. The number of ether oxygens (including phenoxy) is 1. The van der Waals surface area contributed by atoms with E-state index in [0.29, 0.717) is 0 Å². The molecule has 0 spiro atoms. The molecule has 1 N–H and O–H groups in total. The lowest BCUT2D eigenvalue weighted by molar-refractivity contribution is -0.125. The van der Waals surface area contributed by atoms with E-state index in [2.05, 4.69) is 17.4 Å². The van der Waals surface area contributed by atoms with Crippen LogP contribution in [-0.2, 0) is 9.53 Å². The molecule has 1 aromatic rings. The largest absolute Gasteiger partial charge is 0.375 e. The van der Waals surface area contributed by atoms with Gasteiger partial charge in [0.05, 0.1) is 6.04 Å². The van der Waals surface area contributed by atoms with Crippen LogP contribution in [0.2, 0.25) is 0 Å². The van der Waals surface area contributed by atoms with Crippen molar-refractivity contribution in [1.29, 1.82) is 0 Å². The van der Waals surface area contributed by atoms with Crippen LogP contribution in [0.3, 0.4) is 0 Å². The summed E-state index contributed by atoms with van der Waals surface area (Å²) in [6, 6.07) is 10.3. The average Bonchev–Trinajstić information content (AvgIpc) is 2.33. The maximum Gasteiger partial charge on any atom is 0.246 e. The first-order valence-electron chi connectivity index (χ1n) is 6.63. The molecule has 0 aliphatic heterocycles. The van der Waals surface area contributed by atoms with Gasteiger partial charge in [-0.2, -0.15) is 0 Å². The zero-order valence-corrected chi connectivity index (χ0v) is 10.9. The molecule has 3 nitrogen and oxygen atoms in total. The van der Waals surface area contributed by atoms with Crippen LogP contribution >= 0.6 is 0 Å². The summed E-state index contributed by atoms with van der Waals surface area (Å²) in [6.45, 7) is 0.133. The summed E-state index contributed by atoms with van der Waals surface area (Å²) in [7, 11) is 1.54. The van der Waals surface area contributed by atoms with E-state index in [-0.39, 0.29) is 18.6 Å². The third-order valence-corrected chi connectivity index (χ3v) is 3.61. The Balaban J connectivity index is 1.99. The third-order valence-electron chi connectivity index (χ3n) is 3.61. The van der Waals surface area contributed by atoms with Crippen molar-refractivity contribution >= 4 is 5.91 Å². The first-order valence-corrected chi connectivity index (χ1v) is 6.63. The second-order valence-electron chi connectivity index (χ2n) is 5.00. The number of hydrogen-bond acceptors (Lipinski definition) is 2. The Morgan fingerprint density at radius 3 is 2.67 bits per heavy atom. The van der Waals surface area contributed by atoms with Crippen LogP contribution in [0.5, 0.6) is 0 Å². The summed E-state index contributed by atoms with van der Waals surface area (Å²) in [5.74, 6) is 0.726. The van der Waals surface area contributed by atoms with Crippen LogP contribution in [0, 0.1) is 5.92 Å². The van der Waals surface area contributed by atoms with E-state index < -0.39 is 0 Å². The van der Waals surface area contributed by atoms with Crippen LogP contribution in [-0.4, -0.2) is 19.6 Å². The fourth-order valence-electron chi connectivity index (χ4n) is 2.39. The van der Waals surface area contributed by atoms with Crippen LogP contribution in [0.1, 0.15) is 37.3 Å². The van der Waals surface area contributed by atoms with Crippen molar-refractivity contribution in [2.45, 2.75) is 31.7 Å². The molecule has 3 heteroatoms. The second-order valence-corrected chi connectivity index (χ2v) is 5.00. The Morgan fingerprint density at radius 2 is 2.11 bits per heavy atom. The molecule has 1 atom stereocenters. The maximum absolute atomic E-state index is 11.7. The highest BCUT2D eigenvalue weighted by atomic mass is 16.5. The van der Waals surface area contributed by atoms with Gasteiger partial charge in [-0.15, -0.1) is 0 Å². The molecule has 0 bridgehead atoms. The van der Waals surface area contributed by atoms with E-state index >= 15 is 0 Å². The highest BCUT2D eigenvalue weighted by Gasteiger charge is 2.24. The maximum atomic E-state index is 11.7. The van der Waals surface area contributed by atoms with Gasteiger partial charge < -0.3 is 10.1 Å². The Hall–Kier alpha value is -1.35. The summed E-state index contributed by atoms with van der Waals surface area (Å²) in [4.78, 5) is 11.7. The number of rotatable bonds is 6. The lowest BCUT2D eigenvalue weighted by Gasteiger charge is -2.30. The van der Waals surface area contributed by atoms with E-state index in [9.17, 15) is 4.79 Å². The van der Waals surface area contributed by atoms with Gasteiger partial charge in [0.1, 0.15) is 6.61 Å². The van der Waals surface area contributed by atoms with Crippen LogP contribution < -0.4 is 5.32 Å². The zero-order chi connectivity index (χ0) is 12.8. The molecule has 1 fully saturated rings. The van der Waals surface area contributed by atoms with Crippen molar-refractivity contribution in [1.82, 2.24) is 5.32 Å². The van der Waals surface area contributed by atoms with Crippen molar-refractivity contribution in [2.75, 3.05) is 13.7 Å². The van der Waals surface area contributed by atoms with E-state index in [0.717, 1.165) is 12.3 Å².